The van der Waals surface area contributed by atoms with Gasteiger partial charge in [0, 0.05) is 18.4 Å². The zero-order valence-corrected chi connectivity index (χ0v) is 11.4. The maximum atomic E-state index is 11.9. The van der Waals surface area contributed by atoms with Crippen molar-refractivity contribution in [1.29, 1.82) is 0 Å². The molecule has 5 heteroatoms. The first-order chi connectivity index (χ1) is 9.78. The quantitative estimate of drug-likeness (QED) is 0.814. The summed E-state index contributed by atoms with van der Waals surface area (Å²) in [5.41, 5.74) is 6.11. The highest BCUT2D eigenvalue weighted by atomic mass is 16.5. The van der Waals surface area contributed by atoms with Gasteiger partial charge in [-0.2, -0.15) is 0 Å². The molecule has 0 aliphatic carbocycles. The van der Waals surface area contributed by atoms with Crippen LogP contribution in [0.5, 0.6) is 0 Å². The Morgan fingerprint density at radius 1 is 1.55 bits per heavy atom. The van der Waals surface area contributed by atoms with E-state index in [-0.39, 0.29) is 12.0 Å². The number of pyridine rings is 1. The number of ether oxygens (including phenoxy) is 1. The van der Waals surface area contributed by atoms with Crippen LogP contribution in [0.15, 0.2) is 18.3 Å². The minimum Gasteiger partial charge on any atom is -0.378 e. The van der Waals surface area contributed by atoms with Crippen LogP contribution in [-0.4, -0.2) is 30.1 Å². The van der Waals surface area contributed by atoms with E-state index in [0.29, 0.717) is 18.8 Å². The van der Waals surface area contributed by atoms with Gasteiger partial charge in [-0.05, 0) is 31.4 Å². The van der Waals surface area contributed by atoms with E-state index < -0.39 is 0 Å². The molecule has 1 aliphatic heterocycles. The topological polar surface area (TPSA) is 77.2 Å². The van der Waals surface area contributed by atoms with Gasteiger partial charge in [0.15, 0.2) is 0 Å². The smallest absolute Gasteiger partial charge is 0.228 e. The molecule has 20 heavy (non-hydrogen) atoms. The van der Waals surface area contributed by atoms with E-state index in [0.717, 1.165) is 31.4 Å². The molecule has 1 aromatic rings. The fourth-order valence-electron chi connectivity index (χ4n) is 2.10. The van der Waals surface area contributed by atoms with Gasteiger partial charge in [-0.15, -0.1) is 0 Å². The molecule has 5 nitrogen and oxygen atoms in total. The highest BCUT2D eigenvalue weighted by Crippen LogP contribution is 2.16. The lowest BCUT2D eigenvalue weighted by molar-refractivity contribution is -0.119. The summed E-state index contributed by atoms with van der Waals surface area (Å²) < 4.78 is 5.55. The Morgan fingerprint density at radius 3 is 3.20 bits per heavy atom. The fourth-order valence-corrected chi connectivity index (χ4v) is 2.10. The van der Waals surface area contributed by atoms with Crippen LogP contribution >= 0.6 is 0 Å². The highest BCUT2D eigenvalue weighted by molar-refractivity contribution is 5.90. The van der Waals surface area contributed by atoms with Crippen molar-refractivity contribution in [2.75, 3.05) is 18.5 Å². The van der Waals surface area contributed by atoms with Crippen LogP contribution in [0.25, 0.3) is 0 Å². The molecule has 1 saturated heterocycles. The zero-order valence-electron chi connectivity index (χ0n) is 11.4. The van der Waals surface area contributed by atoms with E-state index in [1.165, 1.54) is 0 Å². The van der Waals surface area contributed by atoms with E-state index in [4.69, 9.17) is 10.5 Å². The number of nitrogens with zero attached hydrogens (tertiary/aromatic N) is 1. The Morgan fingerprint density at radius 2 is 2.45 bits per heavy atom. The van der Waals surface area contributed by atoms with Crippen LogP contribution in [0, 0.1) is 11.8 Å². The molecular formula is C15H19N3O2. The van der Waals surface area contributed by atoms with E-state index in [2.05, 4.69) is 22.1 Å². The van der Waals surface area contributed by atoms with Gasteiger partial charge in [-0.25, -0.2) is 4.98 Å². The minimum atomic E-state index is -0.0756. The molecule has 1 atom stereocenters. The van der Waals surface area contributed by atoms with Gasteiger partial charge in [-0.1, -0.05) is 11.8 Å². The summed E-state index contributed by atoms with van der Waals surface area (Å²) in [5.74, 6) is 6.11. The number of anilines is 1. The summed E-state index contributed by atoms with van der Waals surface area (Å²) in [6, 6.07) is 3.52. The summed E-state index contributed by atoms with van der Waals surface area (Å²) in [6.07, 6.45) is 5.18. The van der Waals surface area contributed by atoms with Gasteiger partial charge < -0.3 is 15.8 Å². The van der Waals surface area contributed by atoms with E-state index in [1.54, 1.807) is 18.3 Å². The predicted octanol–water partition coefficient (Wildman–Crippen LogP) is 1.29. The summed E-state index contributed by atoms with van der Waals surface area (Å²) >= 11 is 0. The van der Waals surface area contributed by atoms with Gasteiger partial charge >= 0.3 is 0 Å². The molecule has 0 saturated carbocycles. The molecule has 1 unspecified atom stereocenters. The third-order valence-electron chi connectivity index (χ3n) is 3.05. The maximum Gasteiger partial charge on any atom is 0.228 e. The average Bonchev–Trinajstić information content (AvgIpc) is 2.46. The van der Waals surface area contributed by atoms with Crippen molar-refractivity contribution in [2.45, 2.75) is 31.8 Å². The van der Waals surface area contributed by atoms with Crippen molar-refractivity contribution in [3.05, 3.63) is 23.9 Å². The molecule has 2 heterocycles. The van der Waals surface area contributed by atoms with Gasteiger partial charge in [0.1, 0.15) is 5.82 Å². The number of nitrogens with two attached hydrogens (primary N) is 1. The van der Waals surface area contributed by atoms with Crippen LogP contribution in [0.3, 0.4) is 0 Å². The molecule has 1 aliphatic rings. The molecule has 1 amide bonds. The SMILES string of the molecule is NCC#Cc1ccnc(NC(=O)CC2CCCCO2)c1. The number of aromatic nitrogens is 1. The third-order valence-corrected chi connectivity index (χ3v) is 3.05. The Bertz CT molecular complexity index is 513. The lowest BCUT2D eigenvalue weighted by Crippen LogP contribution is -2.25. The summed E-state index contributed by atoms with van der Waals surface area (Å²) in [4.78, 5) is 16.0. The van der Waals surface area contributed by atoms with Crippen molar-refractivity contribution >= 4 is 11.7 Å². The molecule has 1 aromatic heterocycles. The Kier molecular flexibility index (Phi) is 5.54. The number of hydrogen-bond acceptors (Lipinski definition) is 4. The van der Waals surface area contributed by atoms with Gasteiger partial charge in [0.25, 0.3) is 0 Å². The van der Waals surface area contributed by atoms with E-state index in [9.17, 15) is 4.79 Å². The summed E-state index contributed by atoms with van der Waals surface area (Å²) in [7, 11) is 0. The molecule has 3 N–H and O–H groups in total. The summed E-state index contributed by atoms with van der Waals surface area (Å²) in [5, 5.41) is 2.78. The predicted molar refractivity (Wildman–Crippen MR) is 77.0 cm³/mol. The van der Waals surface area contributed by atoms with Crippen molar-refractivity contribution < 1.29 is 9.53 Å². The molecule has 1 fully saturated rings. The lowest BCUT2D eigenvalue weighted by atomic mass is 10.1. The number of nitrogens with one attached hydrogen (secondary N) is 1. The Balaban J connectivity index is 1.90. The van der Waals surface area contributed by atoms with Crippen molar-refractivity contribution in [2.24, 2.45) is 5.73 Å². The molecule has 2 rings (SSSR count). The second-order valence-electron chi connectivity index (χ2n) is 4.68. The van der Waals surface area contributed by atoms with Crippen LogP contribution < -0.4 is 11.1 Å². The van der Waals surface area contributed by atoms with Crippen molar-refractivity contribution in [3.63, 3.8) is 0 Å². The van der Waals surface area contributed by atoms with E-state index >= 15 is 0 Å². The second-order valence-corrected chi connectivity index (χ2v) is 4.68. The van der Waals surface area contributed by atoms with Crippen molar-refractivity contribution in [3.8, 4) is 11.8 Å². The summed E-state index contributed by atoms with van der Waals surface area (Å²) in [6.45, 7) is 1.06. The molecule has 0 radical (unpaired) electrons. The number of carbonyl (C=O) groups excluding carboxylic acids is 1. The van der Waals surface area contributed by atoms with Crippen LogP contribution in [0.2, 0.25) is 0 Å². The highest BCUT2D eigenvalue weighted by Gasteiger charge is 2.17. The molecular weight excluding hydrogens is 254 g/mol. The molecule has 106 valence electrons. The number of amides is 1. The number of carbonyl (C=O) groups is 1. The minimum absolute atomic E-state index is 0.0314. The lowest BCUT2D eigenvalue weighted by Gasteiger charge is -2.21. The van der Waals surface area contributed by atoms with Gasteiger partial charge in [0.05, 0.1) is 19.1 Å². The van der Waals surface area contributed by atoms with Crippen LogP contribution in [-0.2, 0) is 9.53 Å². The standard InChI is InChI=1S/C15H19N3O2/c16-7-3-4-12-6-8-17-14(10-12)18-15(19)11-13-5-1-2-9-20-13/h6,8,10,13H,1-2,5,7,9,11,16H2,(H,17,18,19). The third kappa shape index (κ3) is 4.65. The largest absolute Gasteiger partial charge is 0.378 e. The second kappa shape index (κ2) is 7.63. The van der Waals surface area contributed by atoms with Gasteiger partial charge in [-0.3, -0.25) is 4.79 Å². The Labute approximate surface area is 118 Å². The fraction of sp³-hybridized carbons (Fsp3) is 0.467. The first-order valence-electron chi connectivity index (χ1n) is 6.84. The number of rotatable bonds is 3. The Hall–Kier alpha value is -1.90. The average molecular weight is 273 g/mol. The maximum absolute atomic E-state index is 11.9. The normalized spacial score (nSPS) is 17.9. The molecule has 0 bridgehead atoms. The van der Waals surface area contributed by atoms with Crippen molar-refractivity contribution in [1.82, 2.24) is 4.98 Å². The molecule has 0 spiro atoms. The zero-order chi connectivity index (χ0) is 14.2. The first kappa shape index (κ1) is 14.5. The first-order valence-corrected chi connectivity index (χ1v) is 6.84. The van der Waals surface area contributed by atoms with Crippen LogP contribution in [0.4, 0.5) is 5.82 Å². The van der Waals surface area contributed by atoms with E-state index in [1.807, 2.05) is 0 Å². The molecule has 0 aromatic carbocycles. The number of hydrogen-bond donors (Lipinski definition) is 2. The monoisotopic (exact) mass is 273 g/mol. The van der Waals surface area contributed by atoms with Crippen LogP contribution in [0.1, 0.15) is 31.2 Å². The van der Waals surface area contributed by atoms with Gasteiger partial charge in [0.2, 0.25) is 5.91 Å².